The molecular weight excluding hydrogens is 278 g/mol. The van der Waals surface area contributed by atoms with Gasteiger partial charge in [-0.15, -0.1) is 0 Å². The first kappa shape index (κ1) is 16.6. The number of ether oxygens (including phenoxy) is 2. The molecule has 0 saturated heterocycles. The van der Waals surface area contributed by atoms with Gasteiger partial charge in [-0.2, -0.15) is 0 Å². The second kappa shape index (κ2) is 7.37. The van der Waals surface area contributed by atoms with Crippen molar-refractivity contribution < 1.29 is 24.0 Å². The molecule has 1 aromatic rings. The number of carbonyl (C=O) groups is 2. The van der Waals surface area contributed by atoms with Crippen LogP contribution in [0, 0.1) is 17.0 Å². The van der Waals surface area contributed by atoms with Crippen molar-refractivity contribution in [1.29, 1.82) is 0 Å². The molecule has 0 radical (unpaired) electrons. The Morgan fingerprint density at radius 3 is 2.48 bits per heavy atom. The van der Waals surface area contributed by atoms with E-state index in [9.17, 15) is 19.7 Å². The van der Waals surface area contributed by atoms with E-state index in [1.165, 1.54) is 19.9 Å². The van der Waals surface area contributed by atoms with Crippen LogP contribution in [0.5, 0.6) is 0 Å². The Bertz CT molecular complexity index is 554. The van der Waals surface area contributed by atoms with E-state index >= 15 is 0 Å². The number of nitrogens with zero attached hydrogens (tertiary/aromatic N) is 1. The van der Waals surface area contributed by atoms with Crippen LogP contribution in [-0.2, 0) is 19.1 Å². The van der Waals surface area contributed by atoms with Crippen LogP contribution in [0.25, 0.3) is 0 Å². The number of benzene rings is 1. The molecule has 21 heavy (non-hydrogen) atoms. The predicted molar refractivity (Wildman–Crippen MR) is 73.6 cm³/mol. The highest BCUT2D eigenvalue weighted by Crippen LogP contribution is 2.31. The average molecular weight is 295 g/mol. The van der Waals surface area contributed by atoms with Gasteiger partial charge in [0.05, 0.1) is 17.1 Å². The summed E-state index contributed by atoms with van der Waals surface area (Å²) < 4.78 is 9.91. The Balaban J connectivity index is 3.04. The summed E-state index contributed by atoms with van der Waals surface area (Å²) in [6.07, 6.45) is -0.675. The van der Waals surface area contributed by atoms with Gasteiger partial charge >= 0.3 is 11.9 Å². The van der Waals surface area contributed by atoms with Crippen LogP contribution < -0.4 is 0 Å². The van der Waals surface area contributed by atoms with E-state index in [2.05, 4.69) is 0 Å². The standard InChI is InChI=1S/C14H17NO6/c1-9-4-5-12(13(8-9)15(18)19)14(21-11(3)17)6-7-20-10(2)16/h4-5,8,14H,6-7H2,1-3H3. The number of hydrogen-bond donors (Lipinski definition) is 0. The summed E-state index contributed by atoms with van der Waals surface area (Å²) in [5.74, 6) is -1.02. The molecule has 0 aliphatic heterocycles. The number of hydrogen-bond acceptors (Lipinski definition) is 6. The van der Waals surface area contributed by atoms with Crippen molar-refractivity contribution in [3.05, 3.63) is 39.4 Å². The van der Waals surface area contributed by atoms with Gasteiger partial charge < -0.3 is 9.47 Å². The van der Waals surface area contributed by atoms with Crippen LogP contribution in [0.2, 0.25) is 0 Å². The highest BCUT2D eigenvalue weighted by atomic mass is 16.6. The molecule has 0 aliphatic carbocycles. The van der Waals surface area contributed by atoms with E-state index in [1.54, 1.807) is 19.1 Å². The van der Waals surface area contributed by atoms with Crippen molar-refractivity contribution in [2.45, 2.75) is 33.3 Å². The molecule has 0 aliphatic rings. The van der Waals surface area contributed by atoms with Crippen molar-refractivity contribution in [3.8, 4) is 0 Å². The molecule has 1 rings (SSSR count). The Morgan fingerprint density at radius 2 is 1.95 bits per heavy atom. The zero-order valence-electron chi connectivity index (χ0n) is 12.1. The molecule has 1 aromatic carbocycles. The second-order valence-electron chi connectivity index (χ2n) is 4.55. The number of esters is 2. The number of aryl methyl sites for hydroxylation is 1. The van der Waals surface area contributed by atoms with Gasteiger partial charge in [-0.1, -0.05) is 6.07 Å². The van der Waals surface area contributed by atoms with Crippen LogP contribution in [-0.4, -0.2) is 23.5 Å². The van der Waals surface area contributed by atoms with Crippen LogP contribution in [0.15, 0.2) is 18.2 Å². The van der Waals surface area contributed by atoms with Crippen molar-refractivity contribution >= 4 is 17.6 Å². The molecular formula is C14H17NO6. The molecule has 0 bridgehead atoms. The van der Waals surface area contributed by atoms with E-state index in [0.29, 0.717) is 0 Å². The minimum atomic E-state index is -0.831. The van der Waals surface area contributed by atoms with Gasteiger partial charge in [0, 0.05) is 26.3 Å². The molecule has 0 saturated carbocycles. The Kier molecular flexibility index (Phi) is 5.83. The van der Waals surface area contributed by atoms with Gasteiger partial charge in [0.25, 0.3) is 5.69 Å². The van der Waals surface area contributed by atoms with E-state index in [0.717, 1.165) is 5.56 Å². The lowest BCUT2D eigenvalue weighted by Crippen LogP contribution is -2.14. The van der Waals surface area contributed by atoms with Gasteiger partial charge in [0.2, 0.25) is 0 Å². The van der Waals surface area contributed by atoms with Crippen molar-refractivity contribution in [3.63, 3.8) is 0 Å². The van der Waals surface area contributed by atoms with Gasteiger partial charge in [0.1, 0.15) is 6.10 Å². The first-order chi connectivity index (χ1) is 9.81. The fourth-order valence-electron chi connectivity index (χ4n) is 1.87. The largest absolute Gasteiger partial charge is 0.466 e. The van der Waals surface area contributed by atoms with E-state index in [1.807, 2.05) is 0 Å². The SMILES string of the molecule is CC(=O)OCCC(OC(C)=O)c1ccc(C)cc1[N+](=O)[O-]. The summed E-state index contributed by atoms with van der Waals surface area (Å²) in [5.41, 5.74) is 0.893. The predicted octanol–water partition coefficient (Wildman–Crippen LogP) is 2.46. The number of rotatable bonds is 6. The molecule has 0 heterocycles. The van der Waals surface area contributed by atoms with E-state index < -0.39 is 23.0 Å². The zero-order valence-corrected chi connectivity index (χ0v) is 12.1. The fraction of sp³-hybridized carbons (Fsp3) is 0.429. The Labute approximate surface area is 122 Å². The van der Waals surface area contributed by atoms with E-state index in [-0.39, 0.29) is 24.3 Å². The van der Waals surface area contributed by atoms with Gasteiger partial charge in [0.15, 0.2) is 0 Å². The quantitative estimate of drug-likeness (QED) is 0.454. The highest BCUT2D eigenvalue weighted by Gasteiger charge is 2.24. The molecule has 0 amide bonds. The topological polar surface area (TPSA) is 95.7 Å². The monoisotopic (exact) mass is 295 g/mol. The molecule has 0 aromatic heterocycles. The Morgan fingerprint density at radius 1 is 1.29 bits per heavy atom. The highest BCUT2D eigenvalue weighted by molar-refractivity contribution is 5.67. The van der Waals surface area contributed by atoms with Crippen LogP contribution >= 0.6 is 0 Å². The van der Waals surface area contributed by atoms with Crippen LogP contribution in [0.4, 0.5) is 5.69 Å². The number of nitro benzene ring substituents is 1. The summed E-state index contributed by atoms with van der Waals surface area (Å²) >= 11 is 0. The molecule has 7 nitrogen and oxygen atoms in total. The summed E-state index contributed by atoms with van der Waals surface area (Å²) in [6.45, 7) is 4.23. The molecule has 7 heteroatoms. The molecule has 1 atom stereocenters. The molecule has 0 fully saturated rings. The summed E-state index contributed by atoms with van der Waals surface area (Å²) in [7, 11) is 0. The van der Waals surface area contributed by atoms with Crippen molar-refractivity contribution in [2.24, 2.45) is 0 Å². The van der Waals surface area contributed by atoms with Gasteiger partial charge in [-0.05, 0) is 18.6 Å². The molecule has 0 spiro atoms. The molecule has 0 N–H and O–H groups in total. The smallest absolute Gasteiger partial charge is 0.303 e. The van der Waals surface area contributed by atoms with E-state index in [4.69, 9.17) is 9.47 Å². The number of nitro groups is 1. The average Bonchev–Trinajstić information content (AvgIpc) is 2.36. The maximum absolute atomic E-state index is 11.2. The molecule has 1 unspecified atom stereocenters. The normalized spacial score (nSPS) is 11.6. The van der Waals surface area contributed by atoms with Gasteiger partial charge in [-0.25, -0.2) is 0 Å². The summed E-state index contributed by atoms with van der Waals surface area (Å²) in [6, 6.07) is 4.66. The van der Waals surface area contributed by atoms with Crippen LogP contribution in [0.1, 0.15) is 37.5 Å². The number of carbonyl (C=O) groups excluding carboxylic acids is 2. The minimum absolute atomic E-state index is 0.0122. The van der Waals surface area contributed by atoms with Gasteiger partial charge in [-0.3, -0.25) is 19.7 Å². The lowest BCUT2D eigenvalue weighted by Gasteiger charge is -2.17. The van der Waals surface area contributed by atoms with Crippen molar-refractivity contribution in [1.82, 2.24) is 0 Å². The third-order valence-corrected chi connectivity index (χ3v) is 2.72. The zero-order chi connectivity index (χ0) is 16.0. The Hall–Kier alpha value is -2.44. The third-order valence-electron chi connectivity index (χ3n) is 2.72. The second-order valence-corrected chi connectivity index (χ2v) is 4.55. The van der Waals surface area contributed by atoms with Crippen molar-refractivity contribution in [2.75, 3.05) is 6.61 Å². The minimum Gasteiger partial charge on any atom is -0.466 e. The third kappa shape index (κ3) is 5.21. The maximum atomic E-state index is 11.2. The summed E-state index contributed by atoms with van der Waals surface area (Å²) in [5, 5.41) is 11.1. The maximum Gasteiger partial charge on any atom is 0.303 e. The fourth-order valence-corrected chi connectivity index (χ4v) is 1.87. The lowest BCUT2D eigenvalue weighted by molar-refractivity contribution is -0.386. The summed E-state index contributed by atoms with van der Waals surface area (Å²) in [4.78, 5) is 32.5. The lowest BCUT2D eigenvalue weighted by atomic mass is 10.0. The first-order valence-electron chi connectivity index (χ1n) is 6.36. The molecule has 114 valence electrons. The first-order valence-corrected chi connectivity index (χ1v) is 6.36. The van der Waals surface area contributed by atoms with Crippen LogP contribution in [0.3, 0.4) is 0 Å².